The Morgan fingerprint density at radius 1 is 1.19 bits per heavy atom. The van der Waals surface area contributed by atoms with E-state index in [0.717, 1.165) is 0 Å². The maximum atomic E-state index is 13.5. The lowest BCUT2D eigenvalue weighted by Gasteiger charge is -2.18. The van der Waals surface area contributed by atoms with Gasteiger partial charge in [-0.2, -0.15) is 18.4 Å². The summed E-state index contributed by atoms with van der Waals surface area (Å²) in [7, 11) is 0. The molecule has 1 unspecified atom stereocenters. The van der Waals surface area contributed by atoms with Crippen LogP contribution in [-0.2, 0) is 11.6 Å². The molecule has 3 heterocycles. The number of pyridine rings is 2. The summed E-state index contributed by atoms with van der Waals surface area (Å²) in [5.74, 6) is -0.702. The number of rotatable bonds is 8. The molecule has 0 aromatic carbocycles. The number of nitrogens with zero attached hydrogens (tertiary/aromatic N) is 5. The molecule has 1 amide bonds. The molecule has 0 aliphatic heterocycles. The Kier molecular flexibility index (Phi) is 7.02. The number of carbonyl (C=O) groups is 1. The van der Waals surface area contributed by atoms with Gasteiger partial charge in [-0.15, -0.1) is 0 Å². The third-order valence-corrected chi connectivity index (χ3v) is 5.67. The van der Waals surface area contributed by atoms with Gasteiger partial charge in [0.15, 0.2) is 0 Å². The van der Waals surface area contributed by atoms with Gasteiger partial charge in [0.1, 0.15) is 23.7 Å². The van der Waals surface area contributed by atoms with Crippen molar-refractivity contribution in [3.05, 3.63) is 65.5 Å². The maximum absolute atomic E-state index is 13.5. The first kappa shape index (κ1) is 25.9. The molecule has 1 aliphatic rings. The van der Waals surface area contributed by atoms with Crippen molar-refractivity contribution < 1.29 is 31.5 Å². The largest absolute Gasteiger partial charge is 0.486 e. The Morgan fingerprint density at radius 2 is 1.92 bits per heavy atom. The average molecular weight is 518 g/mol. The Morgan fingerprint density at radius 3 is 2.51 bits per heavy atom. The minimum absolute atomic E-state index is 0.0961. The van der Waals surface area contributed by atoms with Gasteiger partial charge >= 0.3 is 6.18 Å². The molecular weight excluding hydrogens is 499 g/mol. The predicted molar refractivity (Wildman–Crippen MR) is 118 cm³/mol. The number of halogens is 5. The first-order valence-electron chi connectivity index (χ1n) is 11.0. The number of ether oxygens (including phenoxy) is 1. The molecule has 0 saturated heterocycles. The van der Waals surface area contributed by atoms with Crippen LogP contribution in [-0.4, -0.2) is 38.9 Å². The molecular formula is C24H19F5N6O2. The average Bonchev–Trinajstić information content (AvgIpc) is 3.68. The molecule has 3 aromatic rings. The zero-order valence-electron chi connectivity index (χ0n) is 19.3. The van der Waals surface area contributed by atoms with E-state index in [1.165, 1.54) is 36.8 Å². The van der Waals surface area contributed by atoms with Crippen molar-refractivity contribution >= 4 is 5.91 Å². The second-order valence-electron chi connectivity index (χ2n) is 8.38. The van der Waals surface area contributed by atoms with E-state index >= 15 is 0 Å². The van der Waals surface area contributed by atoms with E-state index in [9.17, 15) is 32.0 Å². The smallest absolute Gasteiger partial charge is 0.433 e. The molecule has 192 valence electrons. The summed E-state index contributed by atoms with van der Waals surface area (Å²) in [4.78, 5) is 29.2. The van der Waals surface area contributed by atoms with Gasteiger partial charge in [0.2, 0.25) is 0 Å². The van der Waals surface area contributed by atoms with Gasteiger partial charge in [0.25, 0.3) is 12.3 Å². The SMILES string of the molecule is CC(NC(=O)c1cc(C(F)(F)F)nc(C2(C#N)CC2)c1)c1nccnc1-c1ccc(OCC(F)F)cn1. The number of alkyl halides is 5. The standard InChI is InChI=1S/C24H19F5N6O2/c1-13(20-21(32-7-6-31-20)16-3-2-15(10-33-16)37-11-19(25)26)34-22(36)14-8-17(23(12-30)4-5-23)35-18(9-14)24(27,28)29/h2-3,6-10,13,19H,4-5,11H2,1H3,(H,34,36). The van der Waals surface area contributed by atoms with E-state index in [1.54, 1.807) is 6.92 Å². The van der Waals surface area contributed by atoms with E-state index in [-0.39, 0.29) is 28.4 Å². The van der Waals surface area contributed by atoms with Crippen molar-refractivity contribution in [2.75, 3.05) is 6.61 Å². The van der Waals surface area contributed by atoms with E-state index < -0.39 is 42.3 Å². The normalized spacial score (nSPS) is 15.1. The fraction of sp³-hybridized carbons (Fsp3) is 0.333. The Hall–Kier alpha value is -4.21. The summed E-state index contributed by atoms with van der Waals surface area (Å²) in [5.41, 5.74) is -1.94. The first-order chi connectivity index (χ1) is 17.5. The maximum Gasteiger partial charge on any atom is 0.433 e. The lowest BCUT2D eigenvalue weighted by Crippen LogP contribution is -2.29. The molecule has 1 atom stereocenters. The number of nitriles is 1. The zero-order chi connectivity index (χ0) is 26.8. The van der Waals surface area contributed by atoms with Crippen LogP contribution in [0.3, 0.4) is 0 Å². The second-order valence-corrected chi connectivity index (χ2v) is 8.38. The number of nitrogens with one attached hydrogen (secondary N) is 1. The molecule has 37 heavy (non-hydrogen) atoms. The third kappa shape index (κ3) is 5.79. The van der Waals surface area contributed by atoms with Gasteiger partial charge in [0, 0.05) is 18.0 Å². The van der Waals surface area contributed by atoms with Crippen molar-refractivity contribution in [3.63, 3.8) is 0 Å². The van der Waals surface area contributed by atoms with Gasteiger partial charge in [-0.1, -0.05) is 0 Å². The van der Waals surface area contributed by atoms with Gasteiger partial charge < -0.3 is 10.1 Å². The lowest BCUT2D eigenvalue weighted by atomic mass is 10.0. The molecule has 0 radical (unpaired) electrons. The highest BCUT2D eigenvalue weighted by molar-refractivity contribution is 5.94. The Balaban J connectivity index is 1.58. The molecule has 1 saturated carbocycles. The van der Waals surface area contributed by atoms with E-state index in [2.05, 4.69) is 25.3 Å². The van der Waals surface area contributed by atoms with Crippen LogP contribution in [0.15, 0.2) is 42.9 Å². The number of amides is 1. The molecule has 1 fully saturated rings. The summed E-state index contributed by atoms with van der Waals surface area (Å²) in [6.07, 6.45) is -2.74. The molecule has 13 heteroatoms. The quantitative estimate of drug-likeness (QED) is 0.432. The second kappa shape index (κ2) is 10.0. The molecule has 1 N–H and O–H groups in total. The lowest BCUT2D eigenvalue weighted by molar-refractivity contribution is -0.141. The fourth-order valence-corrected chi connectivity index (χ4v) is 3.58. The van der Waals surface area contributed by atoms with Crippen LogP contribution in [0.4, 0.5) is 22.0 Å². The highest BCUT2D eigenvalue weighted by atomic mass is 19.4. The van der Waals surface area contributed by atoms with E-state index in [1.807, 2.05) is 6.07 Å². The van der Waals surface area contributed by atoms with Crippen molar-refractivity contribution in [2.45, 2.75) is 43.8 Å². The summed E-state index contributed by atoms with van der Waals surface area (Å²) < 4.78 is 70.0. The fourth-order valence-electron chi connectivity index (χ4n) is 3.58. The third-order valence-electron chi connectivity index (χ3n) is 5.67. The van der Waals surface area contributed by atoms with Crippen molar-refractivity contribution in [1.82, 2.24) is 25.3 Å². The van der Waals surface area contributed by atoms with Crippen LogP contribution >= 0.6 is 0 Å². The van der Waals surface area contributed by atoms with Crippen LogP contribution in [0.5, 0.6) is 5.75 Å². The van der Waals surface area contributed by atoms with E-state index in [0.29, 0.717) is 24.6 Å². The Labute approximate surface area is 207 Å². The Bertz CT molecular complexity index is 1340. The summed E-state index contributed by atoms with van der Waals surface area (Å²) in [6, 6.07) is 5.91. The molecule has 0 bridgehead atoms. The molecule has 8 nitrogen and oxygen atoms in total. The highest BCUT2D eigenvalue weighted by Crippen LogP contribution is 2.47. The molecule has 3 aromatic heterocycles. The van der Waals surface area contributed by atoms with Gasteiger partial charge in [-0.25, -0.2) is 13.8 Å². The highest BCUT2D eigenvalue weighted by Gasteiger charge is 2.48. The van der Waals surface area contributed by atoms with Crippen molar-refractivity contribution in [2.24, 2.45) is 0 Å². The monoisotopic (exact) mass is 518 g/mol. The summed E-state index contributed by atoms with van der Waals surface area (Å²) in [5, 5.41) is 12.0. The number of hydrogen-bond acceptors (Lipinski definition) is 7. The molecule has 4 rings (SSSR count). The van der Waals surface area contributed by atoms with Crippen LogP contribution in [0.25, 0.3) is 11.4 Å². The van der Waals surface area contributed by atoms with Gasteiger partial charge in [0.05, 0.1) is 40.8 Å². The number of carbonyl (C=O) groups excluding carboxylic acids is 1. The minimum atomic E-state index is -4.81. The topological polar surface area (TPSA) is 114 Å². The van der Waals surface area contributed by atoms with Gasteiger partial charge in [-0.3, -0.25) is 19.7 Å². The van der Waals surface area contributed by atoms with Crippen LogP contribution in [0.1, 0.15) is 53.2 Å². The zero-order valence-corrected chi connectivity index (χ0v) is 19.3. The number of aromatic nitrogens is 4. The van der Waals surface area contributed by atoms with E-state index in [4.69, 9.17) is 4.74 Å². The summed E-state index contributed by atoms with van der Waals surface area (Å²) >= 11 is 0. The minimum Gasteiger partial charge on any atom is -0.486 e. The predicted octanol–water partition coefficient (Wildman–Crippen LogP) is 4.64. The van der Waals surface area contributed by atoms with Crippen LogP contribution in [0, 0.1) is 11.3 Å². The van der Waals surface area contributed by atoms with Crippen LogP contribution in [0.2, 0.25) is 0 Å². The van der Waals surface area contributed by atoms with Crippen LogP contribution < -0.4 is 10.1 Å². The molecule has 0 spiro atoms. The number of hydrogen-bond donors (Lipinski definition) is 1. The first-order valence-corrected chi connectivity index (χ1v) is 11.0. The van der Waals surface area contributed by atoms with Crippen molar-refractivity contribution in [3.8, 4) is 23.2 Å². The van der Waals surface area contributed by atoms with Gasteiger partial charge in [-0.05, 0) is 44.0 Å². The van der Waals surface area contributed by atoms with Crippen molar-refractivity contribution in [1.29, 1.82) is 5.26 Å². The summed E-state index contributed by atoms with van der Waals surface area (Å²) in [6.45, 7) is 0.776. The molecule has 1 aliphatic carbocycles.